The highest BCUT2D eigenvalue weighted by molar-refractivity contribution is 6.42. The van der Waals surface area contributed by atoms with Gasteiger partial charge in [0.15, 0.2) is 0 Å². The number of rotatable bonds is 3. The Hall–Kier alpha value is -1.71. The number of nitrogens with zero attached hydrogens (tertiary/aromatic N) is 2. The number of ether oxygens (including phenoxy) is 1. The third-order valence-corrected chi connectivity index (χ3v) is 4.77. The first-order valence-corrected chi connectivity index (χ1v) is 7.71. The summed E-state index contributed by atoms with van der Waals surface area (Å²) < 4.78 is 7.64. The Morgan fingerprint density at radius 2 is 1.91 bits per heavy atom. The quantitative estimate of drug-likeness (QED) is 0.672. The van der Waals surface area contributed by atoms with Gasteiger partial charge in [0.25, 0.3) is 0 Å². The fraction of sp³-hybridized carbons (Fsp3) is 0.235. The standard InChI is InChI=1S/C17H16Cl2N2O/c1-10-11(2)21(9-12-4-5-14(18)15(19)8-12)16-13(10)6-7-20-17(16)22-3/h4-8H,9H2,1-3H3. The van der Waals surface area contributed by atoms with E-state index in [9.17, 15) is 0 Å². The molecule has 3 nitrogen and oxygen atoms in total. The summed E-state index contributed by atoms with van der Waals surface area (Å²) in [5, 5.41) is 2.29. The molecule has 0 aliphatic carbocycles. The highest BCUT2D eigenvalue weighted by Gasteiger charge is 2.16. The fourth-order valence-electron chi connectivity index (χ4n) is 2.73. The van der Waals surface area contributed by atoms with Gasteiger partial charge in [-0.2, -0.15) is 0 Å². The molecule has 3 aromatic rings. The number of halogens is 2. The number of methoxy groups -OCH3 is 1. The summed E-state index contributed by atoms with van der Waals surface area (Å²) >= 11 is 12.1. The van der Waals surface area contributed by atoms with E-state index in [1.165, 1.54) is 11.3 Å². The Balaban J connectivity index is 2.17. The van der Waals surface area contributed by atoms with Gasteiger partial charge in [-0.15, -0.1) is 0 Å². The van der Waals surface area contributed by atoms with Gasteiger partial charge in [0.1, 0.15) is 5.52 Å². The van der Waals surface area contributed by atoms with Gasteiger partial charge in [0.2, 0.25) is 5.88 Å². The Kier molecular flexibility index (Phi) is 4.02. The molecule has 0 unspecified atom stereocenters. The van der Waals surface area contributed by atoms with Crippen LogP contribution in [0.25, 0.3) is 10.9 Å². The van der Waals surface area contributed by atoms with Crippen molar-refractivity contribution >= 4 is 34.1 Å². The summed E-state index contributed by atoms with van der Waals surface area (Å²) in [5.41, 5.74) is 4.51. The number of aromatic nitrogens is 2. The highest BCUT2D eigenvalue weighted by atomic mass is 35.5. The smallest absolute Gasteiger partial charge is 0.238 e. The van der Waals surface area contributed by atoms with Gasteiger partial charge in [-0.3, -0.25) is 0 Å². The summed E-state index contributed by atoms with van der Waals surface area (Å²) in [4.78, 5) is 4.32. The Morgan fingerprint density at radius 1 is 1.14 bits per heavy atom. The molecular formula is C17H16Cl2N2O. The lowest BCUT2D eigenvalue weighted by Gasteiger charge is -2.11. The molecule has 0 bridgehead atoms. The van der Waals surface area contributed by atoms with Crippen molar-refractivity contribution in [1.29, 1.82) is 0 Å². The van der Waals surface area contributed by atoms with Crippen molar-refractivity contribution in [1.82, 2.24) is 9.55 Å². The number of hydrogen-bond acceptors (Lipinski definition) is 2. The zero-order valence-electron chi connectivity index (χ0n) is 12.7. The first kappa shape index (κ1) is 15.2. The van der Waals surface area contributed by atoms with Crippen LogP contribution < -0.4 is 4.74 Å². The molecule has 0 fully saturated rings. The van der Waals surface area contributed by atoms with Crippen LogP contribution in [0.2, 0.25) is 10.0 Å². The Bertz CT molecular complexity index is 855. The summed E-state index contributed by atoms with van der Waals surface area (Å²) in [5.74, 6) is 0.633. The predicted octanol–water partition coefficient (Wildman–Crippen LogP) is 5.02. The average molecular weight is 335 g/mol. The van der Waals surface area contributed by atoms with Gasteiger partial charge >= 0.3 is 0 Å². The van der Waals surface area contributed by atoms with Gasteiger partial charge in [0.05, 0.1) is 17.2 Å². The average Bonchev–Trinajstić information content (AvgIpc) is 2.76. The molecule has 114 valence electrons. The van der Waals surface area contributed by atoms with E-state index in [4.69, 9.17) is 27.9 Å². The minimum absolute atomic E-state index is 0.565. The van der Waals surface area contributed by atoms with Crippen LogP contribution in [-0.4, -0.2) is 16.7 Å². The third kappa shape index (κ3) is 2.44. The minimum atomic E-state index is 0.565. The van der Waals surface area contributed by atoms with Gasteiger partial charge < -0.3 is 9.30 Å². The van der Waals surface area contributed by atoms with Crippen LogP contribution in [0.3, 0.4) is 0 Å². The van der Waals surface area contributed by atoms with Gasteiger partial charge in [-0.1, -0.05) is 29.3 Å². The van der Waals surface area contributed by atoms with Crippen molar-refractivity contribution in [3.05, 3.63) is 57.3 Å². The second kappa shape index (κ2) is 5.82. The molecule has 0 amide bonds. The molecule has 22 heavy (non-hydrogen) atoms. The van der Waals surface area contributed by atoms with E-state index in [-0.39, 0.29) is 0 Å². The molecule has 0 saturated carbocycles. The van der Waals surface area contributed by atoms with Crippen LogP contribution in [0, 0.1) is 13.8 Å². The first-order chi connectivity index (χ1) is 10.5. The molecule has 3 rings (SSSR count). The van der Waals surface area contributed by atoms with E-state index in [1.54, 1.807) is 13.3 Å². The van der Waals surface area contributed by atoms with E-state index in [0.717, 1.165) is 16.5 Å². The molecule has 1 aromatic carbocycles. The molecule has 5 heteroatoms. The van der Waals surface area contributed by atoms with E-state index in [2.05, 4.69) is 23.4 Å². The third-order valence-electron chi connectivity index (χ3n) is 4.03. The summed E-state index contributed by atoms with van der Waals surface area (Å²) in [7, 11) is 1.64. The first-order valence-electron chi connectivity index (χ1n) is 6.95. The number of pyridine rings is 1. The maximum absolute atomic E-state index is 6.12. The Morgan fingerprint density at radius 3 is 2.59 bits per heavy atom. The molecule has 0 radical (unpaired) electrons. The normalized spacial score (nSPS) is 11.1. The topological polar surface area (TPSA) is 27.1 Å². The lowest BCUT2D eigenvalue weighted by molar-refractivity contribution is 0.401. The molecule has 0 N–H and O–H groups in total. The number of aryl methyl sites for hydroxylation is 1. The largest absolute Gasteiger partial charge is 0.479 e. The second-order valence-corrected chi connectivity index (χ2v) is 6.08. The van der Waals surface area contributed by atoms with Crippen molar-refractivity contribution in [2.75, 3.05) is 7.11 Å². The molecule has 0 aliphatic rings. The van der Waals surface area contributed by atoms with E-state index < -0.39 is 0 Å². The van der Waals surface area contributed by atoms with Crippen molar-refractivity contribution in [3.8, 4) is 5.88 Å². The van der Waals surface area contributed by atoms with Crippen molar-refractivity contribution in [2.45, 2.75) is 20.4 Å². The summed E-state index contributed by atoms with van der Waals surface area (Å²) in [6.45, 7) is 4.91. The lowest BCUT2D eigenvalue weighted by atomic mass is 10.2. The predicted molar refractivity (Wildman–Crippen MR) is 91.3 cm³/mol. The van der Waals surface area contributed by atoms with Crippen LogP contribution in [0.4, 0.5) is 0 Å². The van der Waals surface area contributed by atoms with Gasteiger partial charge in [-0.25, -0.2) is 4.98 Å². The molecule has 0 saturated heterocycles. The number of benzene rings is 1. The van der Waals surface area contributed by atoms with Crippen molar-refractivity contribution < 1.29 is 4.74 Å². The van der Waals surface area contributed by atoms with Crippen molar-refractivity contribution in [2.24, 2.45) is 0 Å². The molecule has 2 aromatic heterocycles. The van der Waals surface area contributed by atoms with Gasteiger partial charge in [0, 0.05) is 23.8 Å². The minimum Gasteiger partial charge on any atom is -0.479 e. The molecule has 0 spiro atoms. The molecule has 2 heterocycles. The molecular weight excluding hydrogens is 319 g/mol. The highest BCUT2D eigenvalue weighted by Crippen LogP contribution is 2.32. The number of hydrogen-bond donors (Lipinski definition) is 0. The fourth-order valence-corrected chi connectivity index (χ4v) is 3.05. The van der Waals surface area contributed by atoms with Crippen molar-refractivity contribution in [3.63, 3.8) is 0 Å². The maximum Gasteiger partial charge on any atom is 0.238 e. The van der Waals surface area contributed by atoms with E-state index >= 15 is 0 Å². The second-order valence-electron chi connectivity index (χ2n) is 5.26. The summed E-state index contributed by atoms with van der Waals surface area (Å²) in [6, 6.07) is 7.72. The monoisotopic (exact) mass is 334 g/mol. The summed E-state index contributed by atoms with van der Waals surface area (Å²) in [6.07, 6.45) is 1.77. The van der Waals surface area contributed by atoms with E-state index in [1.807, 2.05) is 24.3 Å². The number of fused-ring (bicyclic) bond motifs is 1. The van der Waals surface area contributed by atoms with E-state index in [0.29, 0.717) is 22.5 Å². The molecule has 0 aliphatic heterocycles. The van der Waals surface area contributed by atoms with Crippen LogP contribution in [0.1, 0.15) is 16.8 Å². The SMILES string of the molecule is COc1nccc2c(C)c(C)n(Cc3ccc(Cl)c(Cl)c3)c12. The van der Waals surface area contributed by atoms with Gasteiger partial charge in [-0.05, 0) is 43.2 Å². The zero-order chi connectivity index (χ0) is 15.9. The zero-order valence-corrected chi connectivity index (χ0v) is 14.2. The van der Waals surface area contributed by atoms with Crippen LogP contribution >= 0.6 is 23.2 Å². The molecule has 0 atom stereocenters. The van der Waals surface area contributed by atoms with Crippen LogP contribution in [0.5, 0.6) is 5.88 Å². The lowest BCUT2D eigenvalue weighted by Crippen LogP contribution is -2.03. The maximum atomic E-state index is 6.12. The van der Waals surface area contributed by atoms with Crippen LogP contribution in [0.15, 0.2) is 30.5 Å². The Labute approximate surface area is 139 Å². The van der Waals surface area contributed by atoms with Crippen LogP contribution in [-0.2, 0) is 6.54 Å².